The molecular weight excluding hydrogens is 280 g/mol. The lowest BCUT2D eigenvalue weighted by atomic mass is 10.1. The molecule has 1 aromatic heterocycles. The average molecular weight is 298 g/mol. The van der Waals surface area contributed by atoms with E-state index in [0.29, 0.717) is 22.6 Å². The van der Waals surface area contributed by atoms with Crippen LogP contribution in [0.1, 0.15) is 36.3 Å². The molecule has 0 bridgehead atoms. The molecule has 0 aliphatic heterocycles. The molecule has 1 amide bonds. The molecular formula is C17H18N2O3. The van der Waals surface area contributed by atoms with E-state index in [1.807, 2.05) is 30.3 Å². The fourth-order valence-corrected chi connectivity index (χ4v) is 2.42. The van der Waals surface area contributed by atoms with Gasteiger partial charge in [-0.05, 0) is 20.8 Å². The first-order chi connectivity index (χ1) is 10.4. The Morgan fingerprint density at radius 1 is 1.09 bits per heavy atom. The predicted molar refractivity (Wildman–Crippen MR) is 84.9 cm³/mol. The number of hydrogen-bond donors (Lipinski definition) is 2. The van der Waals surface area contributed by atoms with Crippen molar-refractivity contribution >= 4 is 23.2 Å². The van der Waals surface area contributed by atoms with Gasteiger partial charge in [0.1, 0.15) is 5.78 Å². The van der Waals surface area contributed by atoms with Crippen molar-refractivity contribution < 1.29 is 14.4 Å². The van der Waals surface area contributed by atoms with Crippen LogP contribution in [0.5, 0.6) is 0 Å². The molecule has 0 saturated carbocycles. The molecule has 1 heterocycles. The van der Waals surface area contributed by atoms with Crippen LogP contribution in [0, 0.1) is 6.92 Å². The summed E-state index contributed by atoms with van der Waals surface area (Å²) < 4.78 is 0. The van der Waals surface area contributed by atoms with Gasteiger partial charge in [-0.25, -0.2) is 0 Å². The lowest BCUT2D eigenvalue weighted by molar-refractivity contribution is -0.124. The van der Waals surface area contributed by atoms with Gasteiger partial charge < -0.3 is 10.3 Å². The van der Waals surface area contributed by atoms with Gasteiger partial charge in [0.15, 0.2) is 5.78 Å². The maximum absolute atomic E-state index is 11.9. The summed E-state index contributed by atoms with van der Waals surface area (Å²) >= 11 is 0. The summed E-state index contributed by atoms with van der Waals surface area (Å²) in [4.78, 5) is 38.1. The number of aryl methyl sites for hydroxylation is 1. The van der Waals surface area contributed by atoms with E-state index in [2.05, 4.69) is 10.3 Å². The Kier molecular flexibility index (Phi) is 4.56. The Bertz CT molecular complexity index is 730. The van der Waals surface area contributed by atoms with Crippen molar-refractivity contribution in [1.29, 1.82) is 0 Å². The zero-order valence-corrected chi connectivity index (χ0v) is 12.8. The summed E-state index contributed by atoms with van der Waals surface area (Å²) in [7, 11) is 0. The summed E-state index contributed by atoms with van der Waals surface area (Å²) in [6.45, 7) is 4.58. The Labute approximate surface area is 128 Å². The van der Waals surface area contributed by atoms with Gasteiger partial charge in [-0.3, -0.25) is 14.4 Å². The van der Waals surface area contributed by atoms with E-state index >= 15 is 0 Å². The quantitative estimate of drug-likeness (QED) is 0.657. The predicted octanol–water partition coefficient (Wildman–Crippen LogP) is 3.11. The third-order valence-electron chi connectivity index (χ3n) is 3.28. The number of rotatable bonds is 5. The minimum absolute atomic E-state index is 0.144. The molecule has 0 radical (unpaired) electrons. The van der Waals surface area contributed by atoms with Gasteiger partial charge in [0.25, 0.3) is 0 Å². The number of benzene rings is 1. The third-order valence-corrected chi connectivity index (χ3v) is 3.28. The molecule has 0 atom stereocenters. The number of carbonyl (C=O) groups excluding carboxylic acids is 3. The third kappa shape index (κ3) is 3.31. The highest BCUT2D eigenvalue weighted by molar-refractivity contribution is 6.11. The van der Waals surface area contributed by atoms with E-state index in [9.17, 15) is 14.4 Å². The van der Waals surface area contributed by atoms with Crippen molar-refractivity contribution in [3.05, 3.63) is 41.6 Å². The van der Waals surface area contributed by atoms with E-state index in [1.165, 1.54) is 13.8 Å². The second-order valence-electron chi connectivity index (χ2n) is 5.22. The molecule has 114 valence electrons. The SMILES string of the molecule is CC(=O)CC(=O)Nc1c(-c2ccccc2)[nH]c(C)c1C(C)=O. The zero-order chi connectivity index (χ0) is 16.3. The highest BCUT2D eigenvalue weighted by Crippen LogP contribution is 2.33. The first-order valence-corrected chi connectivity index (χ1v) is 6.98. The van der Waals surface area contributed by atoms with Crippen molar-refractivity contribution in [2.24, 2.45) is 0 Å². The van der Waals surface area contributed by atoms with Crippen LogP contribution in [0.2, 0.25) is 0 Å². The van der Waals surface area contributed by atoms with Crippen molar-refractivity contribution in [2.75, 3.05) is 5.32 Å². The van der Waals surface area contributed by atoms with Crippen LogP contribution < -0.4 is 5.32 Å². The zero-order valence-electron chi connectivity index (χ0n) is 12.8. The maximum atomic E-state index is 11.9. The molecule has 5 nitrogen and oxygen atoms in total. The molecule has 0 saturated heterocycles. The fraction of sp³-hybridized carbons (Fsp3) is 0.235. The van der Waals surface area contributed by atoms with E-state index < -0.39 is 5.91 Å². The van der Waals surface area contributed by atoms with Gasteiger partial charge >= 0.3 is 0 Å². The minimum atomic E-state index is -0.425. The topological polar surface area (TPSA) is 79.0 Å². The maximum Gasteiger partial charge on any atom is 0.231 e. The van der Waals surface area contributed by atoms with Gasteiger partial charge in [-0.2, -0.15) is 0 Å². The molecule has 2 aromatic rings. The summed E-state index contributed by atoms with van der Waals surface area (Å²) in [5, 5.41) is 2.70. The van der Waals surface area contributed by atoms with E-state index in [-0.39, 0.29) is 18.0 Å². The lowest BCUT2D eigenvalue weighted by Gasteiger charge is -2.08. The van der Waals surface area contributed by atoms with Crippen LogP contribution in [0.3, 0.4) is 0 Å². The van der Waals surface area contributed by atoms with Gasteiger partial charge in [0.2, 0.25) is 5.91 Å². The van der Waals surface area contributed by atoms with Crippen LogP contribution in [-0.4, -0.2) is 22.5 Å². The Morgan fingerprint density at radius 3 is 2.27 bits per heavy atom. The second-order valence-corrected chi connectivity index (χ2v) is 5.22. The van der Waals surface area contributed by atoms with Gasteiger partial charge in [-0.1, -0.05) is 30.3 Å². The fourth-order valence-electron chi connectivity index (χ4n) is 2.42. The largest absolute Gasteiger partial charge is 0.356 e. The normalized spacial score (nSPS) is 10.3. The van der Waals surface area contributed by atoms with Crippen LogP contribution >= 0.6 is 0 Å². The van der Waals surface area contributed by atoms with Gasteiger partial charge in [-0.15, -0.1) is 0 Å². The Morgan fingerprint density at radius 2 is 1.73 bits per heavy atom. The first kappa shape index (κ1) is 15.7. The summed E-state index contributed by atoms with van der Waals surface area (Å²) in [6.07, 6.45) is -0.212. The number of carbonyl (C=O) groups is 3. The Balaban J connectivity index is 2.51. The van der Waals surface area contributed by atoms with Gasteiger partial charge in [0.05, 0.1) is 23.4 Å². The number of amides is 1. The minimum Gasteiger partial charge on any atom is -0.356 e. The number of hydrogen-bond acceptors (Lipinski definition) is 3. The molecule has 0 unspecified atom stereocenters. The number of aromatic amines is 1. The van der Waals surface area contributed by atoms with Crippen LogP contribution in [0.25, 0.3) is 11.3 Å². The number of Topliss-reactive ketones (excluding diaryl/α,β-unsaturated/α-hetero) is 2. The molecule has 5 heteroatoms. The first-order valence-electron chi connectivity index (χ1n) is 6.98. The number of ketones is 2. The van der Waals surface area contributed by atoms with Crippen molar-refractivity contribution in [2.45, 2.75) is 27.2 Å². The van der Waals surface area contributed by atoms with Crippen LogP contribution in [0.4, 0.5) is 5.69 Å². The smallest absolute Gasteiger partial charge is 0.231 e. The number of anilines is 1. The number of H-pyrrole nitrogens is 1. The van der Waals surface area contributed by atoms with Crippen molar-refractivity contribution in [3.63, 3.8) is 0 Å². The highest BCUT2D eigenvalue weighted by atomic mass is 16.2. The second kappa shape index (κ2) is 6.39. The summed E-state index contributed by atoms with van der Waals surface area (Å²) in [6, 6.07) is 9.41. The molecule has 22 heavy (non-hydrogen) atoms. The van der Waals surface area contributed by atoms with Crippen molar-refractivity contribution in [3.8, 4) is 11.3 Å². The standard InChI is InChI=1S/C17H18N2O3/c1-10(20)9-14(22)19-17-15(12(3)21)11(2)18-16(17)13-7-5-4-6-8-13/h4-8,18H,9H2,1-3H3,(H,19,22). The van der Waals surface area contributed by atoms with Crippen LogP contribution in [-0.2, 0) is 9.59 Å². The molecule has 0 spiro atoms. The molecule has 0 aliphatic rings. The summed E-state index contributed by atoms with van der Waals surface area (Å²) in [5.74, 6) is -0.796. The van der Waals surface area contributed by atoms with E-state index in [4.69, 9.17) is 0 Å². The molecule has 0 fully saturated rings. The lowest BCUT2D eigenvalue weighted by Crippen LogP contribution is -2.16. The Hall–Kier alpha value is -2.69. The van der Waals surface area contributed by atoms with Gasteiger partial charge in [0, 0.05) is 11.3 Å². The number of aromatic nitrogens is 1. The van der Waals surface area contributed by atoms with Crippen LogP contribution in [0.15, 0.2) is 30.3 Å². The molecule has 2 N–H and O–H groups in total. The van der Waals surface area contributed by atoms with E-state index in [0.717, 1.165) is 5.56 Å². The number of nitrogens with one attached hydrogen (secondary N) is 2. The van der Waals surface area contributed by atoms with Crippen molar-refractivity contribution in [1.82, 2.24) is 4.98 Å². The monoisotopic (exact) mass is 298 g/mol. The molecule has 0 aliphatic carbocycles. The molecule has 1 aromatic carbocycles. The van der Waals surface area contributed by atoms with E-state index in [1.54, 1.807) is 6.92 Å². The summed E-state index contributed by atoms with van der Waals surface area (Å²) in [5.41, 5.74) is 3.08. The molecule has 2 rings (SSSR count). The highest BCUT2D eigenvalue weighted by Gasteiger charge is 2.21. The average Bonchev–Trinajstić information content (AvgIpc) is 2.75.